The lowest BCUT2D eigenvalue weighted by atomic mass is 10.2. The van der Waals surface area contributed by atoms with Crippen LogP contribution in [0.25, 0.3) is 11.2 Å². The molecule has 0 spiro atoms. The average molecular weight is 516 g/mol. The summed E-state index contributed by atoms with van der Waals surface area (Å²) >= 11 is 0. The van der Waals surface area contributed by atoms with Gasteiger partial charge >= 0.3 is 11.9 Å². The van der Waals surface area contributed by atoms with Gasteiger partial charge in [-0.15, -0.1) is 0 Å². The van der Waals surface area contributed by atoms with Crippen molar-refractivity contribution in [3.63, 3.8) is 0 Å². The van der Waals surface area contributed by atoms with Gasteiger partial charge < -0.3 is 19.5 Å². The van der Waals surface area contributed by atoms with Crippen molar-refractivity contribution >= 4 is 34.8 Å². The number of carbonyl (C=O) groups excluding carboxylic acids is 3. The van der Waals surface area contributed by atoms with Crippen LogP contribution in [-0.4, -0.2) is 56.2 Å². The summed E-state index contributed by atoms with van der Waals surface area (Å²) in [5.74, 6) is -0.940. The molecule has 3 atom stereocenters. The highest BCUT2D eigenvalue weighted by atomic mass is 16.6. The van der Waals surface area contributed by atoms with Gasteiger partial charge in [-0.1, -0.05) is 43.3 Å². The smallest absolute Gasteiger partial charge is 0.338 e. The number of esters is 2. The van der Waals surface area contributed by atoms with E-state index in [0.29, 0.717) is 22.3 Å². The van der Waals surface area contributed by atoms with Crippen molar-refractivity contribution in [2.75, 3.05) is 11.9 Å². The predicted octanol–water partition coefficient (Wildman–Crippen LogP) is 3.54. The van der Waals surface area contributed by atoms with Crippen molar-refractivity contribution in [2.24, 2.45) is 0 Å². The Morgan fingerprint density at radius 2 is 1.66 bits per heavy atom. The largest absolute Gasteiger partial charge is 0.459 e. The monoisotopic (exact) mass is 515 g/mol. The van der Waals surface area contributed by atoms with Crippen LogP contribution in [-0.2, 0) is 19.0 Å². The molecule has 3 heterocycles. The summed E-state index contributed by atoms with van der Waals surface area (Å²) in [7, 11) is 0. The fourth-order valence-electron chi connectivity index (χ4n) is 4.13. The molecule has 0 radical (unpaired) electrons. The zero-order valence-corrected chi connectivity index (χ0v) is 20.5. The van der Waals surface area contributed by atoms with Crippen LogP contribution in [0.1, 0.15) is 46.7 Å². The first-order chi connectivity index (χ1) is 18.5. The van der Waals surface area contributed by atoms with Gasteiger partial charge in [-0.05, 0) is 24.3 Å². The molecule has 2 aromatic heterocycles. The Bertz CT molecular complexity index is 1440. The van der Waals surface area contributed by atoms with Crippen molar-refractivity contribution in [3.05, 3.63) is 84.4 Å². The predicted molar refractivity (Wildman–Crippen MR) is 135 cm³/mol. The summed E-state index contributed by atoms with van der Waals surface area (Å²) in [6.45, 7) is 1.69. The molecular weight excluding hydrogens is 490 g/mol. The zero-order valence-electron chi connectivity index (χ0n) is 20.5. The molecule has 4 aromatic rings. The minimum absolute atomic E-state index is 0.0387. The maximum atomic E-state index is 12.9. The van der Waals surface area contributed by atoms with Crippen LogP contribution in [0.5, 0.6) is 0 Å². The minimum atomic E-state index is -0.808. The summed E-state index contributed by atoms with van der Waals surface area (Å²) < 4.78 is 19.2. The number of hydrogen-bond acceptors (Lipinski definition) is 9. The van der Waals surface area contributed by atoms with Crippen LogP contribution in [0.3, 0.4) is 0 Å². The molecule has 11 heteroatoms. The summed E-state index contributed by atoms with van der Waals surface area (Å²) in [4.78, 5) is 50.1. The number of nitrogens with one attached hydrogen (secondary N) is 1. The molecule has 194 valence electrons. The van der Waals surface area contributed by atoms with Gasteiger partial charge in [-0.3, -0.25) is 9.36 Å². The van der Waals surface area contributed by atoms with Crippen molar-refractivity contribution in [1.82, 2.24) is 19.5 Å². The number of ether oxygens (including phenoxy) is 3. The van der Waals surface area contributed by atoms with Crippen LogP contribution < -0.4 is 5.32 Å². The molecule has 5 rings (SSSR count). The molecule has 1 N–H and O–H groups in total. The Hall–Kier alpha value is -4.64. The molecule has 2 aromatic carbocycles. The highest BCUT2D eigenvalue weighted by Gasteiger charge is 2.41. The van der Waals surface area contributed by atoms with Crippen molar-refractivity contribution in [1.29, 1.82) is 0 Å². The van der Waals surface area contributed by atoms with Gasteiger partial charge in [0.05, 0.1) is 23.6 Å². The van der Waals surface area contributed by atoms with E-state index in [4.69, 9.17) is 14.2 Å². The number of amides is 1. The number of nitrogens with zero attached hydrogens (tertiary/aromatic N) is 4. The third-order valence-corrected chi connectivity index (χ3v) is 6.03. The summed E-state index contributed by atoms with van der Waals surface area (Å²) in [6, 6.07) is 17.3. The molecule has 0 saturated carbocycles. The maximum Gasteiger partial charge on any atom is 0.338 e. The molecule has 1 aliphatic heterocycles. The van der Waals surface area contributed by atoms with Crippen molar-refractivity contribution in [3.8, 4) is 0 Å². The molecule has 0 unspecified atom stereocenters. The van der Waals surface area contributed by atoms with Gasteiger partial charge in [0.2, 0.25) is 5.91 Å². The molecule has 1 fully saturated rings. The quantitative estimate of drug-likeness (QED) is 0.350. The second-order valence-corrected chi connectivity index (χ2v) is 8.61. The topological polar surface area (TPSA) is 135 Å². The lowest BCUT2D eigenvalue weighted by molar-refractivity contribution is -0.115. The fourth-order valence-corrected chi connectivity index (χ4v) is 4.13. The van der Waals surface area contributed by atoms with Crippen LogP contribution in [0, 0.1) is 0 Å². The van der Waals surface area contributed by atoms with E-state index in [1.165, 1.54) is 12.7 Å². The van der Waals surface area contributed by atoms with Crippen LogP contribution in [0.4, 0.5) is 5.82 Å². The van der Waals surface area contributed by atoms with E-state index in [-0.39, 0.29) is 31.2 Å². The number of carbonyl (C=O) groups is 3. The number of rotatable bonds is 8. The van der Waals surface area contributed by atoms with Crippen molar-refractivity contribution in [2.45, 2.75) is 38.2 Å². The van der Waals surface area contributed by atoms with Gasteiger partial charge in [0, 0.05) is 12.8 Å². The van der Waals surface area contributed by atoms with Gasteiger partial charge in [0.15, 0.2) is 23.2 Å². The highest BCUT2D eigenvalue weighted by Crippen LogP contribution is 2.34. The van der Waals surface area contributed by atoms with E-state index in [1.54, 1.807) is 60.0 Å². The SMILES string of the molecule is CCC(=O)Nc1ncnc2c1ncn2[C@@H]1O[C@H](COC(=O)c2ccccc2)C[C@@H]1OC(=O)c1ccccc1. The van der Waals surface area contributed by atoms with E-state index >= 15 is 0 Å². The van der Waals surface area contributed by atoms with Crippen LogP contribution >= 0.6 is 0 Å². The average Bonchev–Trinajstić information content (AvgIpc) is 3.57. The number of benzene rings is 2. The Kier molecular flexibility index (Phi) is 7.36. The Balaban J connectivity index is 1.39. The second kappa shape index (κ2) is 11.2. The molecule has 1 aliphatic rings. The normalized spacial score (nSPS) is 18.7. The maximum absolute atomic E-state index is 12.9. The second-order valence-electron chi connectivity index (χ2n) is 8.61. The van der Waals surface area contributed by atoms with E-state index in [2.05, 4.69) is 20.3 Å². The van der Waals surface area contributed by atoms with Gasteiger partial charge in [-0.2, -0.15) is 0 Å². The Morgan fingerprint density at radius 1 is 0.974 bits per heavy atom. The minimum Gasteiger partial charge on any atom is -0.459 e. The lowest BCUT2D eigenvalue weighted by Crippen LogP contribution is -2.25. The Morgan fingerprint density at radius 3 is 2.34 bits per heavy atom. The van der Waals surface area contributed by atoms with E-state index in [1.807, 2.05) is 12.1 Å². The molecule has 11 nitrogen and oxygen atoms in total. The third-order valence-electron chi connectivity index (χ3n) is 6.03. The first-order valence-electron chi connectivity index (χ1n) is 12.1. The van der Waals surface area contributed by atoms with E-state index < -0.39 is 30.4 Å². The molecule has 0 bridgehead atoms. The molecular formula is C27H25N5O6. The summed E-state index contributed by atoms with van der Waals surface area (Å²) in [5, 5.41) is 2.71. The summed E-state index contributed by atoms with van der Waals surface area (Å²) in [6.07, 6.45) is 1.26. The molecule has 1 saturated heterocycles. The van der Waals surface area contributed by atoms with Crippen LogP contribution in [0.2, 0.25) is 0 Å². The lowest BCUT2D eigenvalue weighted by Gasteiger charge is -2.20. The van der Waals surface area contributed by atoms with E-state index in [9.17, 15) is 14.4 Å². The first kappa shape index (κ1) is 25.0. The number of anilines is 1. The van der Waals surface area contributed by atoms with Crippen LogP contribution in [0.15, 0.2) is 73.3 Å². The molecule has 1 amide bonds. The highest BCUT2D eigenvalue weighted by molar-refractivity contribution is 5.96. The summed E-state index contributed by atoms with van der Waals surface area (Å²) in [5.41, 5.74) is 1.57. The number of fused-ring (bicyclic) bond motifs is 1. The molecule has 38 heavy (non-hydrogen) atoms. The van der Waals surface area contributed by atoms with Crippen molar-refractivity contribution < 1.29 is 28.6 Å². The van der Waals surface area contributed by atoms with Gasteiger partial charge in [-0.25, -0.2) is 24.5 Å². The number of imidazole rings is 1. The zero-order chi connectivity index (χ0) is 26.5. The molecule has 0 aliphatic carbocycles. The van der Waals surface area contributed by atoms with Gasteiger partial charge in [0.1, 0.15) is 19.0 Å². The standard InChI is InChI=1S/C27H25N5O6/c1-2-21(33)31-23-22-24(29-15-28-23)32(16-30-22)25-20(38-27(35)18-11-7-4-8-12-18)13-19(37-25)14-36-26(34)17-9-5-3-6-10-17/h3-12,15-16,19-20,25H,2,13-14H2,1H3,(H,28,29,31,33)/t19-,20-,25+/m0/s1. The third kappa shape index (κ3) is 5.37. The van der Waals surface area contributed by atoms with E-state index in [0.717, 1.165) is 0 Å². The van der Waals surface area contributed by atoms with Gasteiger partial charge in [0.25, 0.3) is 0 Å². The number of hydrogen-bond donors (Lipinski definition) is 1. The Labute approximate surface area is 217 Å². The first-order valence-corrected chi connectivity index (χ1v) is 12.1. The fraction of sp³-hybridized carbons (Fsp3) is 0.259. The number of aromatic nitrogens is 4.